The summed E-state index contributed by atoms with van der Waals surface area (Å²) in [6, 6.07) is 2.46. The Morgan fingerprint density at radius 3 is 2.60 bits per heavy atom. The smallest absolute Gasteiger partial charge is 0.347 e. The molecule has 0 atom stereocenters. The Balaban J connectivity index is 2.52. The van der Waals surface area contributed by atoms with Crippen LogP contribution in [0.4, 0.5) is 4.39 Å². The molecular weight excluding hydrogens is 325 g/mol. The maximum absolute atomic E-state index is 14.0. The fourth-order valence-electron chi connectivity index (χ4n) is 2.81. The summed E-state index contributed by atoms with van der Waals surface area (Å²) in [5.74, 6) is -2.01. The molecule has 1 heterocycles. The first-order valence-electron chi connectivity index (χ1n) is 8.38. The molecule has 0 aliphatic heterocycles. The predicted octanol–water partition coefficient (Wildman–Crippen LogP) is 3.92. The second-order valence-electron chi connectivity index (χ2n) is 7.30. The maximum atomic E-state index is 14.0. The number of carbonyl (C=O) groups is 1. The van der Waals surface area contributed by atoms with Gasteiger partial charge in [0.25, 0.3) is 5.56 Å². The first kappa shape index (κ1) is 19.0. The highest BCUT2D eigenvalue weighted by molar-refractivity contribution is 6.00. The lowest BCUT2D eigenvalue weighted by Gasteiger charge is -2.18. The van der Waals surface area contributed by atoms with Crippen LogP contribution in [-0.4, -0.2) is 22.7 Å². The van der Waals surface area contributed by atoms with Crippen LogP contribution in [0.5, 0.6) is 5.75 Å². The summed E-state index contributed by atoms with van der Waals surface area (Å²) in [5, 5.41) is 10.4. The van der Waals surface area contributed by atoms with E-state index in [2.05, 4.69) is 25.8 Å². The van der Waals surface area contributed by atoms with Crippen LogP contribution in [-0.2, 0) is 11.2 Å². The zero-order valence-electron chi connectivity index (χ0n) is 15.0. The molecule has 0 bridgehead atoms. The molecule has 5 nitrogen and oxygen atoms in total. The third kappa shape index (κ3) is 4.38. The van der Waals surface area contributed by atoms with Gasteiger partial charge in [0.15, 0.2) is 5.56 Å². The molecule has 0 radical (unpaired) electrons. The van der Waals surface area contributed by atoms with E-state index in [9.17, 15) is 19.1 Å². The van der Waals surface area contributed by atoms with E-state index >= 15 is 0 Å². The first-order chi connectivity index (χ1) is 11.6. The SMILES string of the molecule is CCOC(=O)c1c(O)c2cc(F)cc(CCCC(C)(C)C)c2[nH]c1=O. The second kappa shape index (κ2) is 7.25. The van der Waals surface area contributed by atoms with Gasteiger partial charge in [0, 0.05) is 5.39 Å². The molecule has 2 rings (SSSR count). The first-order valence-corrected chi connectivity index (χ1v) is 8.38. The molecule has 0 saturated heterocycles. The molecule has 2 aromatic rings. The van der Waals surface area contributed by atoms with E-state index in [0.29, 0.717) is 17.5 Å². The summed E-state index contributed by atoms with van der Waals surface area (Å²) in [6.07, 6.45) is 2.30. The number of hydrogen-bond donors (Lipinski definition) is 2. The number of aromatic hydroxyl groups is 1. The summed E-state index contributed by atoms with van der Waals surface area (Å²) in [5.41, 5.74) is -0.143. The van der Waals surface area contributed by atoms with Crippen molar-refractivity contribution in [3.63, 3.8) is 0 Å². The van der Waals surface area contributed by atoms with Crippen molar-refractivity contribution < 1.29 is 19.0 Å². The normalized spacial score (nSPS) is 11.7. The fourth-order valence-corrected chi connectivity index (χ4v) is 2.81. The number of aryl methyl sites for hydroxylation is 1. The number of fused-ring (bicyclic) bond motifs is 1. The van der Waals surface area contributed by atoms with Gasteiger partial charge in [0.05, 0.1) is 12.1 Å². The Morgan fingerprint density at radius 2 is 2.00 bits per heavy atom. The molecule has 1 aromatic heterocycles. The average molecular weight is 349 g/mol. The van der Waals surface area contributed by atoms with Crippen molar-refractivity contribution in [2.75, 3.05) is 6.61 Å². The molecule has 6 heteroatoms. The molecule has 0 unspecified atom stereocenters. The summed E-state index contributed by atoms with van der Waals surface area (Å²) in [4.78, 5) is 26.7. The highest BCUT2D eigenvalue weighted by Gasteiger charge is 2.22. The number of pyridine rings is 1. The van der Waals surface area contributed by atoms with Crippen molar-refractivity contribution in [3.8, 4) is 5.75 Å². The van der Waals surface area contributed by atoms with Gasteiger partial charge >= 0.3 is 5.97 Å². The number of halogens is 1. The van der Waals surface area contributed by atoms with Gasteiger partial charge in [-0.1, -0.05) is 20.8 Å². The molecule has 0 aliphatic rings. The van der Waals surface area contributed by atoms with E-state index in [1.807, 2.05) is 0 Å². The van der Waals surface area contributed by atoms with Gasteiger partial charge in [-0.15, -0.1) is 0 Å². The van der Waals surface area contributed by atoms with E-state index in [4.69, 9.17) is 4.74 Å². The number of nitrogens with one attached hydrogen (secondary N) is 1. The van der Waals surface area contributed by atoms with E-state index in [1.165, 1.54) is 6.07 Å². The number of carbonyl (C=O) groups excluding carboxylic acids is 1. The lowest BCUT2D eigenvalue weighted by molar-refractivity contribution is 0.0521. The lowest BCUT2D eigenvalue weighted by atomic mass is 9.88. The standard InChI is InChI=1S/C19H24FNO4/c1-5-25-18(24)14-16(22)13-10-12(20)9-11(15(13)21-17(14)23)7-6-8-19(2,3)4/h9-10H,5-8H2,1-4H3,(H2,21,22,23). The molecule has 2 N–H and O–H groups in total. The number of benzene rings is 1. The molecular formula is C19H24FNO4. The predicted molar refractivity (Wildman–Crippen MR) is 94.5 cm³/mol. The van der Waals surface area contributed by atoms with E-state index in [-0.39, 0.29) is 17.4 Å². The monoisotopic (exact) mass is 349 g/mol. The molecule has 25 heavy (non-hydrogen) atoms. The molecule has 0 saturated carbocycles. The van der Waals surface area contributed by atoms with Crippen LogP contribution < -0.4 is 5.56 Å². The van der Waals surface area contributed by atoms with Gasteiger partial charge in [-0.2, -0.15) is 0 Å². The third-order valence-electron chi connectivity index (χ3n) is 3.99. The molecule has 136 valence electrons. The highest BCUT2D eigenvalue weighted by Crippen LogP contribution is 2.30. The van der Waals surface area contributed by atoms with Crippen LogP contribution in [0.1, 0.15) is 56.5 Å². The molecule has 0 spiro atoms. The van der Waals surface area contributed by atoms with Crippen LogP contribution in [0.15, 0.2) is 16.9 Å². The maximum Gasteiger partial charge on any atom is 0.347 e. The molecule has 0 amide bonds. The van der Waals surface area contributed by atoms with Crippen LogP contribution in [0.25, 0.3) is 10.9 Å². The third-order valence-corrected chi connectivity index (χ3v) is 3.99. The van der Waals surface area contributed by atoms with Crippen molar-refractivity contribution in [2.24, 2.45) is 5.41 Å². The largest absolute Gasteiger partial charge is 0.506 e. The number of rotatable bonds is 5. The molecule has 0 aliphatic carbocycles. The van der Waals surface area contributed by atoms with Crippen LogP contribution in [0, 0.1) is 11.2 Å². The minimum absolute atomic E-state index is 0.0664. The van der Waals surface area contributed by atoms with Crippen molar-refractivity contribution in [1.29, 1.82) is 0 Å². The van der Waals surface area contributed by atoms with Crippen LogP contribution in [0.2, 0.25) is 0 Å². The Kier molecular flexibility index (Phi) is 5.50. The Labute approximate surface area is 145 Å². The van der Waals surface area contributed by atoms with Gasteiger partial charge in [0.1, 0.15) is 11.6 Å². The van der Waals surface area contributed by atoms with Gasteiger partial charge < -0.3 is 14.8 Å². The Hall–Kier alpha value is -2.37. The van der Waals surface area contributed by atoms with E-state index in [0.717, 1.165) is 18.9 Å². The minimum atomic E-state index is -0.929. The average Bonchev–Trinajstić information content (AvgIpc) is 2.47. The summed E-state index contributed by atoms with van der Waals surface area (Å²) >= 11 is 0. The summed E-state index contributed by atoms with van der Waals surface area (Å²) in [6.45, 7) is 8.02. The lowest BCUT2D eigenvalue weighted by Crippen LogP contribution is -2.20. The van der Waals surface area contributed by atoms with Gasteiger partial charge in [-0.05, 0) is 49.3 Å². The summed E-state index contributed by atoms with van der Waals surface area (Å²) in [7, 11) is 0. The number of esters is 1. The van der Waals surface area contributed by atoms with Gasteiger partial charge in [0.2, 0.25) is 0 Å². The van der Waals surface area contributed by atoms with Gasteiger partial charge in [-0.3, -0.25) is 4.79 Å². The zero-order valence-corrected chi connectivity index (χ0v) is 15.0. The molecule has 0 fully saturated rings. The number of aromatic nitrogens is 1. The molecule has 1 aromatic carbocycles. The van der Waals surface area contributed by atoms with Crippen LogP contribution in [0.3, 0.4) is 0 Å². The van der Waals surface area contributed by atoms with Crippen molar-refractivity contribution in [2.45, 2.75) is 47.0 Å². The van der Waals surface area contributed by atoms with E-state index in [1.54, 1.807) is 6.92 Å². The van der Waals surface area contributed by atoms with Crippen molar-refractivity contribution in [3.05, 3.63) is 39.4 Å². The zero-order chi connectivity index (χ0) is 18.8. The topological polar surface area (TPSA) is 79.4 Å². The number of H-pyrrole nitrogens is 1. The van der Waals surface area contributed by atoms with Crippen LogP contribution >= 0.6 is 0 Å². The van der Waals surface area contributed by atoms with Gasteiger partial charge in [-0.25, -0.2) is 9.18 Å². The second-order valence-corrected chi connectivity index (χ2v) is 7.30. The van der Waals surface area contributed by atoms with Crippen molar-refractivity contribution in [1.82, 2.24) is 4.98 Å². The van der Waals surface area contributed by atoms with Crippen molar-refractivity contribution >= 4 is 16.9 Å². The van der Waals surface area contributed by atoms with E-state index < -0.39 is 28.7 Å². The highest BCUT2D eigenvalue weighted by atomic mass is 19.1. The Morgan fingerprint density at radius 1 is 1.32 bits per heavy atom. The number of hydrogen-bond acceptors (Lipinski definition) is 4. The Bertz CT molecular complexity index is 849. The fraction of sp³-hybridized carbons (Fsp3) is 0.474. The number of ether oxygens (including phenoxy) is 1. The minimum Gasteiger partial charge on any atom is -0.506 e. The summed E-state index contributed by atoms with van der Waals surface area (Å²) < 4.78 is 18.8. The quantitative estimate of drug-likeness (QED) is 0.802. The number of aromatic amines is 1.